The normalized spacial score (nSPS) is 15.4. The Bertz CT molecular complexity index is 584. The van der Waals surface area contributed by atoms with E-state index in [0.29, 0.717) is 6.04 Å². The van der Waals surface area contributed by atoms with E-state index in [4.69, 9.17) is 11.6 Å². The van der Waals surface area contributed by atoms with Gasteiger partial charge in [-0.25, -0.2) is 0 Å². The molecule has 2 aromatic heterocycles. The fourth-order valence-electron chi connectivity index (χ4n) is 2.81. The van der Waals surface area contributed by atoms with E-state index in [-0.39, 0.29) is 0 Å². The van der Waals surface area contributed by atoms with E-state index >= 15 is 0 Å². The summed E-state index contributed by atoms with van der Waals surface area (Å²) in [7, 11) is 1.99. The van der Waals surface area contributed by atoms with Crippen molar-refractivity contribution >= 4 is 28.6 Å². The highest BCUT2D eigenvalue weighted by Gasteiger charge is 2.29. The van der Waals surface area contributed by atoms with Crippen LogP contribution in [0.25, 0.3) is 0 Å². The van der Waals surface area contributed by atoms with Gasteiger partial charge >= 0.3 is 0 Å². The van der Waals surface area contributed by atoms with Gasteiger partial charge in [-0.2, -0.15) is 0 Å². The average Bonchev–Trinajstić information content (AvgIpc) is 3.07. The number of hydrogen-bond acceptors (Lipinski definition) is 4. The zero-order chi connectivity index (χ0) is 13.9. The highest BCUT2D eigenvalue weighted by Crippen LogP contribution is 2.40. The zero-order valence-corrected chi connectivity index (χ0v) is 13.0. The van der Waals surface area contributed by atoms with Gasteiger partial charge in [0.1, 0.15) is 0 Å². The molecule has 106 valence electrons. The second-order valence-electron chi connectivity index (χ2n) is 4.95. The second kappa shape index (κ2) is 6.12. The monoisotopic (exact) mass is 307 g/mol. The van der Waals surface area contributed by atoms with Crippen molar-refractivity contribution in [1.82, 2.24) is 10.3 Å². The molecule has 20 heavy (non-hydrogen) atoms. The highest BCUT2D eigenvalue weighted by molar-refractivity contribution is 7.10. The van der Waals surface area contributed by atoms with Gasteiger partial charge in [-0.1, -0.05) is 11.6 Å². The van der Waals surface area contributed by atoms with E-state index in [9.17, 15) is 0 Å². The maximum atomic E-state index is 6.37. The Balaban J connectivity index is 1.93. The molecule has 0 fully saturated rings. The molecular weight excluding hydrogens is 290 g/mol. The Morgan fingerprint density at radius 1 is 1.50 bits per heavy atom. The van der Waals surface area contributed by atoms with Crippen molar-refractivity contribution in [2.24, 2.45) is 0 Å². The third-order valence-corrected chi connectivity index (χ3v) is 5.22. The van der Waals surface area contributed by atoms with Crippen LogP contribution in [0.3, 0.4) is 0 Å². The van der Waals surface area contributed by atoms with Crippen LogP contribution in [0.2, 0.25) is 5.02 Å². The molecule has 1 aliphatic rings. The van der Waals surface area contributed by atoms with E-state index < -0.39 is 0 Å². The first-order valence-corrected chi connectivity index (χ1v) is 8.15. The minimum atomic E-state index is 0.334. The predicted molar refractivity (Wildman–Crippen MR) is 85.9 cm³/mol. The number of pyridine rings is 1. The number of hydrogen-bond donors (Lipinski definition) is 1. The van der Waals surface area contributed by atoms with Crippen molar-refractivity contribution < 1.29 is 0 Å². The summed E-state index contributed by atoms with van der Waals surface area (Å²) in [6.07, 6.45) is 3.95. The van der Waals surface area contributed by atoms with Crippen LogP contribution in [-0.2, 0) is 6.42 Å². The zero-order valence-electron chi connectivity index (χ0n) is 11.5. The van der Waals surface area contributed by atoms with Gasteiger partial charge in [-0.3, -0.25) is 4.98 Å². The van der Waals surface area contributed by atoms with Crippen molar-refractivity contribution in [2.45, 2.75) is 18.9 Å². The van der Waals surface area contributed by atoms with E-state index in [1.54, 1.807) is 11.3 Å². The van der Waals surface area contributed by atoms with E-state index in [0.717, 1.165) is 31.0 Å². The van der Waals surface area contributed by atoms with Gasteiger partial charge in [0.05, 0.1) is 22.4 Å². The lowest BCUT2D eigenvalue weighted by molar-refractivity contribution is 0.576. The Labute approximate surface area is 128 Å². The first-order valence-electron chi connectivity index (χ1n) is 6.89. The molecule has 0 amide bonds. The molecule has 3 rings (SSSR count). The van der Waals surface area contributed by atoms with E-state index in [2.05, 4.69) is 26.6 Å². The topological polar surface area (TPSA) is 28.2 Å². The molecule has 0 aromatic carbocycles. The summed E-state index contributed by atoms with van der Waals surface area (Å²) in [6.45, 7) is 2.00. The first kappa shape index (κ1) is 13.9. The molecule has 5 heteroatoms. The number of nitrogens with zero attached hydrogens (tertiary/aromatic N) is 2. The SMILES string of the molecule is CNCC[C@H](c1sccc1Cl)N1CCc2ncccc21. The number of nitrogens with one attached hydrogen (secondary N) is 1. The Morgan fingerprint density at radius 2 is 2.40 bits per heavy atom. The molecule has 0 radical (unpaired) electrons. The molecule has 0 saturated heterocycles. The van der Waals surface area contributed by atoms with Crippen LogP contribution in [0.15, 0.2) is 29.8 Å². The molecule has 2 aromatic rings. The van der Waals surface area contributed by atoms with Crippen LogP contribution in [0.4, 0.5) is 5.69 Å². The smallest absolute Gasteiger partial charge is 0.0662 e. The van der Waals surface area contributed by atoms with Crippen LogP contribution in [-0.4, -0.2) is 25.1 Å². The summed E-state index contributed by atoms with van der Waals surface area (Å²) in [6, 6.07) is 6.51. The minimum Gasteiger partial charge on any atom is -0.362 e. The molecule has 3 heterocycles. The van der Waals surface area contributed by atoms with Crippen molar-refractivity contribution in [3.05, 3.63) is 45.4 Å². The number of aromatic nitrogens is 1. The Hall–Kier alpha value is -1.10. The summed E-state index contributed by atoms with van der Waals surface area (Å²) in [5, 5.41) is 6.20. The van der Waals surface area contributed by atoms with Crippen LogP contribution in [0, 0.1) is 0 Å². The van der Waals surface area contributed by atoms with Crippen LogP contribution in [0.1, 0.15) is 23.0 Å². The number of fused-ring (bicyclic) bond motifs is 1. The third kappa shape index (κ3) is 2.55. The molecule has 1 atom stereocenters. The molecule has 0 spiro atoms. The fourth-order valence-corrected chi connectivity index (χ4v) is 4.14. The number of rotatable bonds is 5. The standard InChI is InChI=1S/C15H18ClN3S/c1-17-8-4-14(15-11(16)6-10-20-15)19-9-5-12-13(19)3-2-7-18-12/h2-3,6-7,10,14,17H,4-5,8-9H2,1H3/t14-/m1/s1. The van der Waals surface area contributed by atoms with Gasteiger partial charge in [-0.15, -0.1) is 11.3 Å². The molecular formula is C15H18ClN3S. The molecule has 3 nitrogen and oxygen atoms in total. The van der Waals surface area contributed by atoms with Crippen LogP contribution >= 0.6 is 22.9 Å². The fraction of sp³-hybridized carbons (Fsp3) is 0.400. The summed E-state index contributed by atoms with van der Waals surface area (Å²) >= 11 is 8.11. The lowest BCUT2D eigenvalue weighted by Crippen LogP contribution is -2.29. The summed E-state index contributed by atoms with van der Waals surface area (Å²) in [4.78, 5) is 8.21. The lowest BCUT2D eigenvalue weighted by Gasteiger charge is -2.30. The van der Waals surface area contributed by atoms with Gasteiger partial charge in [0.15, 0.2) is 0 Å². The minimum absolute atomic E-state index is 0.334. The van der Waals surface area contributed by atoms with Crippen molar-refractivity contribution in [3.8, 4) is 0 Å². The van der Waals surface area contributed by atoms with Gasteiger partial charge < -0.3 is 10.2 Å². The third-order valence-electron chi connectivity index (χ3n) is 3.76. The highest BCUT2D eigenvalue weighted by atomic mass is 35.5. The Morgan fingerprint density at radius 3 is 3.15 bits per heavy atom. The maximum absolute atomic E-state index is 6.37. The van der Waals surface area contributed by atoms with Crippen LogP contribution in [0.5, 0.6) is 0 Å². The molecule has 0 saturated carbocycles. The van der Waals surface area contributed by atoms with Crippen molar-refractivity contribution in [2.75, 3.05) is 25.0 Å². The molecule has 0 aliphatic carbocycles. The lowest BCUT2D eigenvalue weighted by atomic mass is 10.1. The molecule has 0 unspecified atom stereocenters. The maximum Gasteiger partial charge on any atom is 0.0662 e. The van der Waals surface area contributed by atoms with Gasteiger partial charge in [0.2, 0.25) is 0 Å². The first-order chi connectivity index (χ1) is 9.81. The molecule has 1 aliphatic heterocycles. The van der Waals surface area contributed by atoms with Gasteiger partial charge in [0, 0.05) is 24.0 Å². The summed E-state index contributed by atoms with van der Waals surface area (Å²) < 4.78 is 0. The largest absolute Gasteiger partial charge is 0.362 e. The van der Waals surface area contributed by atoms with E-state index in [1.807, 2.05) is 25.4 Å². The average molecular weight is 308 g/mol. The van der Waals surface area contributed by atoms with Crippen molar-refractivity contribution in [1.29, 1.82) is 0 Å². The molecule has 0 bridgehead atoms. The van der Waals surface area contributed by atoms with Crippen molar-refractivity contribution in [3.63, 3.8) is 0 Å². The Kier molecular flexibility index (Phi) is 4.24. The van der Waals surface area contributed by atoms with E-state index in [1.165, 1.54) is 16.3 Å². The quantitative estimate of drug-likeness (QED) is 0.916. The van der Waals surface area contributed by atoms with Gasteiger partial charge in [0.25, 0.3) is 0 Å². The number of thiophene rings is 1. The number of halogens is 1. The second-order valence-corrected chi connectivity index (χ2v) is 6.31. The van der Waals surface area contributed by atoms with Crippen LogP contribution < -0.4 is 10.2 Å². The molecule has 1 N–H and O–H groups in total. The predicted octanol–water partition coefficient (Wildman–Crippen LogP) is 3.51. The number of anilines is 1. The summed E-state index contributed by atoms with van der Waals surface area (Å²) in [5.41, 5.74) is 2.47. The summed E-state index contributed by atoms with van der Waals surface area (Å²) in [5.74, 6) is 0. The van der Waals surface area contributed by atoms with Gasteiger partial charge in [-0.05, 0) is 43.6 Å².